The molecule has 0 saturated carbocycles. The molecule has 2 atom stereocenters. The molecule has 106 valence electrons. The first kappa shape index (κ1) is 15.2. The van der Waals surface area contributed by atoms with Gasteiger partial charge in [0.15, 0.2) is 0 Å². The molecule has 0 aliphatic carbocycles. The van der Waals surface area contributed by atoms with Crippen molar-refractivity contribution in [3.05, 3.63) is 34.1 Å². The van der Waals surface area contributed by atoms with Gasteiger partial charge in [-0.1, -0.05) is 22.0 Å². The van der Waals surface area contributed by atoms with Gasteiger partial charge >= 0.3 is 0 Å². The Morgan fingerprint density at radius 3 is 2.89 bits per heavy atom. The highest BCUT2D eigenvalue weighted by Gasteiger charge is 2.32. The van der Waals surface area contributed by atoms with E-state index >= 15 is 0 Å². The van der Waals surface area contributed by atoms with Crippen LogP contribution >= 0.6 is 28.3 Å². The van der Waals surface area contributed by atoms with Crippen LogP contribution in [0.4, 0.5) is 4.39 Å². The lowest BCUT2D eigenvalue weighted by atomic mass is 9.88. The van der Waals surface area contributed by atoms with Crippen LogP contribution in [0.3, 0.4) is 0 Å². The first-order chi connectivity index (χ1) is 8.72. The van der Waals surface area contributed by atoms with E-state index in [4.69, 9.17) is 0 Å². The molecule has 2 fully saturated rings. The quantitative estimate of drug-likeness (QED) is 0.883. The van der Waals surface area contributed by atoms with Gasteiger partial charge in [-0.3, -0.25) is 4.90 Å². The van der Waals surface area contributed by atoms with Gasteiger partial charge in [0.2, 0.25) is 0 Å². The maximum Gasteiger partial charge on any atom is 0.124 e. The lowest BCUT2D eigenvalue weighted by Gasteiger charge is -2.34. The van der Waals surface area contributed by atoms with Gasteiger partial charge in [0, 0.05) is 17.6 Å². The first-order valence-electron chi connectivity index (χ1n) is 6.59. The maximum absolute atomic E-state index is 13.1. The number of rotatable bonds is 2. The van der Waals surface area contributed by atoms with Gasteiger partial charge in [0.05, 0.1) is 0 Å². The van der Waals surface area contributed by atoms with Crippen molar-refractivity contribution in [1.82, 2.24) is 10.2 Å². The van der Waals surface area contributed by atoms with Gasteiger partial charge in [-0.15, -0.1) is 12.4 Å². The maximum atomic E-state index is 13.1. The molecule has 1 N–H and O–H groups in total. The van der Waals surface area contributed by atoms with Crippen LogP contribution < -0.4 is 5.32 Å². The van der Waals surface area contributed by atoms with Crippen molar-refractivity contribution in [2.75, 3.05) is 26.2 Å². The fraction of sp³-hybridized carbons (Fsp3) is 0.571. The molecule has 2 unspecified atom stereocenters. The Kier molecular flexibility index (Phi) is 5.23. The van der Waals surface area contributed by atoms with E-state index in [1.54, 1.807) is 12.1 Å². The summed E-state index contributed by atoms with van der Waals surface area (Å²) in [6, 6.07) is 4.99. The topological polar surface area (TPSA) is 15.3 Å². The Morgan fingerprint density at radius 1 is 1.32 bits per heavy atom. The molecular weight excluding hydrogens is 331 g/mol. The summed E-state index contributed by atoms with van der Waals surface area (Å²) < 4.78 is 13.9. The normalized spacial score (nSPS) is 26.8. The third-order valence-electron chi connectivity index (χ3n) is 4.20. The summed E-state index contributed by atoms with van der Waals surface area (Å²) in [6.45, 7) is 5.60. The SMILES string of the molecule is Cl.Fc1ccc(CN2CCC3CNCC3C2)c(Br)c1. The van der Waals surface area contributed by atoms with Crippen molar-refractivity contribution in [3.8, 4) is 0 Å². The predicted molar refractivity (Wildman–Crippen MR) is 81.1 cm³/mol. The van der Waals surface area contributed by atoms with E-state index in [-0.39, 0.29) is 18.2 Å². The summed E-state index contributed by atoms with van der Waals surface area (Å²) in [5.41, 5.74) is 1.18. The highest BCUT2D eigenvalue weighted by atomic mass is 79.9. The zero-order valence-corrected chi connectivity index (χ0v) is 13.1. The van der Waals surface area contributed by atoms with Crippen LogP contribution in [0.15, 0.2) is 22.7 Å². The highest BCUT2D eigenvalue weighted by Crippen LogP contribution is 2.28. The minimum Gasteiger partial charge on any atom is -0.316 e. The number of halogens is 3. The minimum atomic E-state index is -0.177. The third kappa shape index (κ3) is 3.48. The van der Waals surface area contributed by atoms with Crippen molar-refractivity contribution in [1.29, 1.82) is 0 Å². The number of nitrogens with one attached hydrogen (secondary N) is 1. The molecular formula is C14H19BrClFN2. The van der Waals surface area contributed by atoms with Crippen molar-refractivity contribution in [2.45, 2.75) is 13.0 Å². The summed E-state index contributed by atoms with van der Waals surface area (Å²) in [5.74, 6) is 1.50. The largest absolute Gasteiger partial charge is 0.316 e. The van der Waals surface area contributed by atoms with Crippen LogP contribution in [0.5, 0.6) is 0 Å². The molecule has 1 aromatic rings. The van der Waals surface area contributed by atoms with E-state index in [0.717, 1.165) is 35.9 Å². The van der Waals surface area contributed by atoms with Crippen LogP contribution in [-0.2, 0) is 6.54 Å². The molecule has 19 heavy (non-hydrogen) atoms. The summed E-state index contributed by atoms with van der Waals surface area (Å²) in [6.07, 6.45) is 1.29. The Bertz CT molecular complexity index is 443. The van der Waals surface area contributed by atoms with Gasteiger partial charge in [-0.05, 0) is 55.6 Å². The average Bonchev–Trinajstić information content (AvgIpc) is 2.80. The van der Waals surface area contributed by atoms with Crippen LogP contribution in [0.2, 0.25) is 0 Å². The summed E-state index contributed by atoms with van der Waals surface area (Å²) in [7, 11) is 0. The van der Waals surface area contributed by atoms with E-state index in [1.165, 1.54) is 25.1 Å². The molecule has 2 aliphatic heterocycles. The van der Waals surface area contributed by atoms with E-state index < -0.39 is 0 Å². The van der Waals surface area contributed by atoms with Crippen molar-refractivity contribution < 1.29 is 4.39 Å². The van der Waals surface area contributed by atoms with Crippen LogP contribution in [0.25, 0.3) is 0 Å². The van der Waals surface area contributed by atoms with E-state index in [2.05, 4.69) is 26.1 Å². The fourth-order valence-corrected chi connectivity index (χ4v) is 3.62. The number of hydrogen-bond donors (Lipinski definition) is 1. The van der Waals surface area contributed by atoms with Gasteiger partial charge < -0.3 is 5.32 Å². The summed E-state index contributed by atoms with van der Waals surface area (Å²) in [4.78, 5) is 2.49. The third-order valence-corrected chi connectivity index (χ3v) is 4.94. The molecule has 2 heterocycles. The molecule has 1 aromatic carbocycles. The first-order valence-corrected chi connectivity index (χ1v) is 7.38. The zero-order chi connectivity index (χ0) is 12.5. The second-order valence-electron chi connectivity index (χ2n) is 5.44. The Hall–Kier alpha value is -0.160. The van der Waals surface area contributed by atoms with Gasteiger partial charge in [0.1, 0.15) is 5.82 Å². The van der Waals surface area contributed by atoms with E-state index in [9.17, 15) is 4.39 Å². The lowest BCUT2D eigenvalue weighted by Crippen LogP contribution is -2.39. The molecule has 2 saturated heterocycles. The molecule has 0 amide bonds. The Labute approximate surface area is 128 Å². The minimum absolute atomic E-state index is 0. The second-order valence-corrected chi connectivity index (χ2v) is 6.29. The molecule has 3 rings (SSSR count). The number of likely N-dealkylation sites (tertiary alicyclic amines) is 1. The number of nitrogens with zero attached hydrogens (tertiary/aromatic N) is 1. The number of piperidine rings is 1. The smallest absolute Gasteiger partial charge is 0.124 e. The standard InChI is InChI=1S/C14H18BrFN2.ClH/c15-14-5-13(16)2-1-11(14)8-18-4-3-10-6-17-7-12(10)9-18;/h1-2,5,10,12,17H,3-4,6-9H2;1H. The van der Waals surface area contributed by atoms with Crippen LogP contribution in [0.1, 0.15) is 12.0 Å². The molecule has 0 spiro atoms. The molecule has 2 aliphatic rings. The molecule has 0 bridgehead atoms. The fourth-order valence-electron chi connectivity index (χ4n) is 3.14. The summed E-state index contributed by atoms with van der Waals surface area (Å²) >= 11 is 3.45. The monoisotopic (exact) mass is 348 g/mol. The van der Waals surface area contributed by atoms with Gasteiger partial charge in [-0.25, -0.2) is 4.39 Å². The van der Waals surface area contributed by atoms with Crippen LogP contribution in [0, 0.1) is 17.7 Å². The lowest BCUT2D eigenvalue weighted by molar-refractivity contribution is 0.142. The molecule has 0 aromatic heterocycles. The highest BCUT2D eigenvalue weighted by molar-refractivity contribution is 9.10. The average molecular weight is 350 g/mol. The number of fused-ring (bicyclic) bond motifs is 1. The molecule has 2 nitrogen and oxygen atoms in total. The van der Waals surface area contributed by atoms with Crippen molar-refractivity contribution in [3.63, 3.8) is 0 Å². The second kappa shape index (κ2) is 6.53. The number of benzene rings is 1. The Morgan fingerprint density at radius 2 is 2.11 bits per heavy atom. The predicted octanol–water partition coefficient (Wildman–Crippen LogP) is 3.05. The molecule has 5 heteroatoms. The van der Waals surface area contributed by atoms with Crippen LogP contribution in [-0.4, -0.2) is 31.1 Å². The molecule has 0 radical (unpaired) electrons. The number of hydrogen-bond acceptors (Lipinski definition) is 2. The van der Waals surface area contributed by atoms with Crippen molar-refractivity contribution in [2.24, 2.45) is 11.8 Å². The van der Waals surface area contributed by atoms with E-state index in [0.29, 0.717) is 0 Å². The zero-order valence-electron chi connectivity index (χ0n) is 10.7. The summed E-state index contributed by atoms with van der Waals surface area (Å²) in [5, 5.41) is 3.48. The van der Waals surface area contributed by atoms with Gasteiger partial charge in [-0.2, -0.15) is 0 Å². The van der Waals surface area contributed by atoms with Gasteiger partial charge in [0.25, 0.3) is 0 Å². The Balaban J connectivity index is 0.00000133. The van der Waals surface area contributed by atoms with E-state index in [1.807, 2.05) is 6.07 Å². The van der Waals surface area contributed by atoms with Crippen molar-refractivity contribution >= 4 is 28.3 Å².